The molecule has 2 aromatic rings. The predicted octanol–water partition coefficient (Wildman–Crippen LogP) is 5.18. The lowest BCUT2D eigenvalue weighted by Crippen LogP contribution is -2.11. The van der Waals surface area contributed by atoms with Crippen LogP contribution in [0.3, 0.4) is 0 Å². The second-order valence-corrected chi connectivity index (χ2v) is 7.42. The van der Waals surface area contributed by atoms with E-state index in [4.69, 9.17) is 16.3 Å². The Morgan fingerprint density at radius 2 is 2.26 bits per heavy atom. The highest BCUT2D eigenvalue weighted by Gasteiger charge is 2.22. The van der Waals surface area contributed by atoms with Crippen molar-refractivity contribution in [2.75, 3.05) is 12.4 Å². The lowest BCUT2D eigenvalue weighted by molar-refractivity contribution is 0.103. The first-order chi connectivity index (χ1) is 11.1. The van der Waals surface area contributed by atoms with Gasteiger partial charge in [0.1, 0.15) is 5.75 Å². The van der Waals surface area contributed by atoms with Gasteiger partial charge >= 0.3 is 0 Å². The molecule has 1 N–H and O–H groups in total. The van der Waals surface area contributed by atoms with Crippen molar-refractivity contribution in [3.05, 3.63) is 44.6 Å². The van der Waals surface area contributed by atoms with E-state index in [2.05, 4.69) is 18.3 Å². The van der Waals surface area contributed by atoms with Crippen molar-refractivity contribution < 1.29 is 9.53 Å². The van der Waals surface area contributed by atoms with Gasteiger partial charge in [-0.05, 0) is 55.0 Å². The molecule has 23 heavy (non-hydrogen) atoms. The van der Waals surface area contributed by atoms with Crippen LogP contribution in [-0.2, 0) is 12.8 Å². The molecule has 0 saturated carbocycles. The van der Waals surface area contributed by atoms with Gasteiger partial charge in [0, 0.05) is 10.6 Å². The SMILES string of the molecule is CC[C@@H]1CCc2sc(C(=O)Nc3ccc(OC)c(Cl)c3)cc2C1. The molecule has 0 saturated heterocycles. The van der Waals surface area contributed by atoms with Gasteiger partial charge in [-0.1, -0.05) is 24.9 Å². The number of rotatable bonds is 4. The van der Waals surface area contributed by atoms with Crippen molar-refractivity contribution in [1.82, 2.24) is 0 Å². The van der Waals surface area contributed by atoms with Crippen LogP contribution in [0.5, 0.6) is 5.75 Å². The first-order valence-electron chi connectivity index (χ1n) is 7.87. The minimum atomic E-state index is -0.0707. The number of benzene rings is 1. The average Bonchev–Trinajstić information content (AvgIpc) is 2.98. The van der Waals surface area contributed by atoms with Gasteiger partial charge in [0.2, 0.25) is 0 Å². The highest BCUT2D eigenvalue weighted by Crippen LogP contribution is 2.34. The number of anilines is 1. The standard InChI is InChI=1S/C18H20ClNO2S/c1-3-11-4-7-16-12(8-11)9-17(23-16)18(21)20-13-5-6-15(22-2)14(19)10-13/h5-6,9-11H,3-4,7-8H2,1-2H3,(H,20,21)/t11-/m1/s1. The largest absolute Gasteiger partial charge is 0.495 e. The van der Waals surface area contributed by atoms with E-state index in [-0.39, 0.29) is 5.91 Å². The molecular formula is C18H20ClNO2S. The third-order valence-corrected chi connectivity index (χ3v) is 5.93. The fourth-order valence-corrected chi connectivity index (χ4v) is 4.36. The molecule has 1 aromatic heterocycles. The maximum absolute atomic E-state index is 12.5. The topological polar surface area (TPSA) is 38.3 Å². The van der Waals surface area contributed by atoms with Gasteiger partial charge in [-0.25, -0.2) is 0 Å². The summed E-state index contributed by atoms with van der Waals surface area (Å²) in [7, 11) is 1.57. The number of ether oxygens (including phenoxy) is 1. The van der Waals surface area contributed by atoms with E-state index in [9.17, 15) is 4.79 Å². The first-order valence-corrected chi connectivity index (χ1v) is 9.06. The van der Waals surface area contributed by atoms with Crippen LogP contribution in [-0.4, -0.2) is 13.0 Å². The number of hydrogen-bond acceptors (Lipinski definition) is 3. The fourth-order valence-electron chi connectivity index (χ4n) is 3.00. The van der Waals surface area contributed by atoms with Gasteiger partial charge in [-0.15, -0.1) is 11.3 Å². The van der Waals surface area contributed by atoms with Gasteiger partial charge < -0.3 is 10.1 Å². The Morgan fingerprint density at radius 3 is 2.96 bits per heavy atom. The van der Waals surface area contributed by atoms with Crippen LogP contribution in [0.15, 0.2) is 24.3 Å². The summed E-state index contributed by atoms with van der Waals surface area (Å²) in [6.07, 6.45) is 4.64. The zero-order chi connectivity index (χ0) is 16.4. The van der Waals surface area contributed by atoms with Crippen molar-refractivity contribution in [2.45, 2.75) is 32.6 Å². The lowest BCUT2D eigenvalue weighted by Gasteiger charge is -2.19. The predicted molar refractivity (Wildman–Crippen MR) is 96.1 cm³/mol. The highest BCUT2D eigenvalue weighted by molar-refractivity contribution is 7.14. The van der Waals surface area contributed by atoms with E-state index in [0.29, 0.717) is 16.5 Å². The molecule has 122 valence electrons. The van der Waals surface area contributed by atoms with Crippen molar-refractivity contribution in [2.24, 2.45) is 5.92 Å². The van der Waals surface area contributed by atoms with Gasteiger partial charge in [0.25, 0.3) is 5.91 Å². The van der Waals surface area contributed by atoms with E-state index in [1.54, 1.807) is 36.6 Å². The molecule has 3 rings (SSSR count). The smallest absolute Gasteiger partial charge is 0.265 e. The monoisotopic (exact) mass is 349 g/mol. The molecule has 0 fully saturated rings. The minimum absolute atomic E-state index is 0.0707. The minimum Gasteiger partial charge on any atom is -0.495 e. The number of methoxy groups -OCH3 is 1. The van der Waals surface area contributed by atoms with E-state index in [1.807, 2.05) is 0 Å². The summed E-state index contributed by atoms with van der Waals surface area (Å²) in [6.45, 7) is 2.24. The Morgan fingerprint density at radius 1 is 1.43 bits per heavy atom. The summed E-state index contributed by atoms with van der Waals surface area (Å²) in [5, 5.41) is 3.40. The first kappa shape index (κ1) is 16.3. The highest BCUT2D eigenvalue weighted by atomic mass is 35.5. The Kier molecular flexibility index (Phi) is 4.93. The number of carbonyl (C=O) groups excluding carboxylic acids is 1. The molecule has 1 aromatic carbocycles. The number of amides is 1. The van der Waals surface area contributed by atoms with Gasteiger partial charge in [0.05, 0.1) is 17.0 Å². The number of halogens is 1. The van der Waals surface area contributed by atoms with E-state index in [1.165, 1.54) is 23.3 Å². The summed E-state index contributed by atoms with van der Waals surface area (Å²) < 4.78 is 5.12. The molecule has 1 aliphatic carbocycles. The number of aryl methyl sites for hydroxylation is 1. The molecule has 1 amide bonds. The number of thiophene rings is 1. The molecule has 0 aliphatic heterocycles. The molecule has 1 heterocycles. The van der Waals surface area contributed by atoms with E-state index >= 15 is 0 Å². The van der Waals surface area contributed by atoms with Crippen LogP contribution >= 0.6 is 22.9 Å². The Hall–Kier alpha value is -1.52. The summed E-state index contributed by atoms with van der Waals surface area (Å²) >= 11 is 7.72. The van der Waals surface area contributed by atoms with E-state index < -0.39 is 0 Å². The van der Waals surface area contributed by atoms with Gasteiger partial charge in [-0.3, -0.25) is 4.79 Å². The Balaban J connectivity index is 1.74. The van der Waals surface area contributed by atoms with Crippen LogP contribution in [0.2, 0.25) is 5.02 Å². The summed E-state index contributed by atoms with van der Waals surface area (Å²) in [6, 6.07) is 7.31. The molecule has 0 radical (unpaired) electrons. The van der Waals surface area contributed by atoms with Crippen molar-refractivity contribution >= 4 is 34.5 Å². The normalized spacial score (nSPS) is 16.7. The maximum atomic E-state index is 12.5. The lowest BCUT2D eigenvalue weighted by atomic mass is 9.87. The zero-order valence-electron chi connectivity index (χ0n) is 13.3. The van der Waals surface area contributed by atoms with Crippen LogP contribution in [0.1, 0.15) is 39.9 Å². The summed E-state index contributed by atoms with van der Waals surface area (Å²) in [4.78, 5) is 14.6. The number of carbonyl (C=O) groups is 1. The Bertz CT molecular complexity index is 726. The summed E-state index contributed by atoms with van der Waals surface area (Å²) in [5.41, 5.74) is 2.03. The van der Waals surface area contributed by atoms with Crippen LogP contribution in [0.25, 0.3) is 0 Å². The maximum Gasteiger partial charge on any atom is 0.265 e. The average molecular weight is 350 g/mol. The molecule has 5 heteroatoms. The second kappa shape index (κ2) is 6.93. The molecule has 1 aliphatic rings. The molecule has 0 unspecified atom stereocenters. The van der Waals surface area contributed by atoms with Gasteiger partial charge in [-0.2, -0.15) is 0 Å². The molecule has 0 spiro atoms. The number of nitrogens with one attached hydrogen (secondary N) is 1. The quantitative estimate of drug-likeness (QED) is 0.826. The third kappa shape index (κ3) is 3.54. The number of hydrogen-bond donors (Lipinski definition) is 1. The molecule has 1 atom stereocenters. The molecular weight excluding hydrogens is 330 g/mol. The van der Waals surface area contributed by atoms with Crippen LogP contribution < -0.4 is 10.1 Å². The number of fused-ring (bicyclic) bond motifs is 1. The third-order valence-electron chi connectivity index (χ3n) is 4.40. The van der Waals surface area contributed by atoms with Crippen molar-refractivity contribution in [1.29, 1.82) is 0 Å². The van der Waals surface area contributed by atoms with Crippen LogP contribution in [0, 0.1) is 5.92 Å². The van der Waals surface area contributed by atoms with Crippen molar-refractivity contribution in [3.63, 3.8) is 0 Å². The van der Waals surface area contributed by atoms with Crippen molar-refractivity contribution in [3.8, 4) is 5.75 Å². The van der Waals surface area contributed by atoms with Crippen LogP contribution in [0.4, 0.5) is 5.69 Å². The fraction of sp³-hybridized carbons (Fsp3) is 0.389. The molecule has 0 bridgehead atoms. The second-order valence-electron chi connectivity index (χ2n) is 5.88. The summed E-state index contributed by atoms with van der Waals surface area (Å²) in [5.74, 6) is 1.29. The van der Waals surface area contributed by atoms with Gasteiger partial charge in [0.15, 0.2) is 0 Å². The van der Waals surface area contributed by atoms with E-state index in [0.717, 1.165) is 23.6 Å². The molecule has 3 nitrogen and oxygen atoms in total. The zero-order valence-corrected chi connectivity index (χ0v) is 14.9. The Labute approximate surface area is 145 Å².